The van der Waals surface area contributed by atoms with Crippen molar-refractivity contribution in [1.29, 1.82) is 0 Å². The quantitative estimate of drug-likeness (QED) is 0.638. The first-order valence-electron chi connectivity index (χ1n) is 8.84. The van der Waals surface area contributed by atoms with Gasteiger partial charge in [0, 0.05) is 19.6 Å². The third-order valence-electron chi connectivity index (χ3n) is 5.07. The zero-order valence-electron chi connectivity index (χ0n) is 16.0. The second-order valence-electron chi connectivity index (χ2n) is 6.10. The number of carbonyl (C=O) groups is 1. The summed E-state index contributed by atoms with van der Waals surface area (Å²) in [5, 5.41) is 3.10. The SMILES string of the molecule is CCN(CC)Cc1ccccc1CNC(=O)C(CC)(CC)CN.Cl.Cl. The fourth-order valence-corrected chi connectivity index (χ4v) is 2.89. The second kappa shape index (κ2) is 13.4. The number of nitrogens with two attached hydrogens (primary N) is 1. The molecule has 6 heteroatoms. The van der Waals surface area contributed by atoms with Gasteiger partial charge in [-0.25, -0.2) is 0 Å². The summed E-state index contributed by atoms with van der Waals surface area (Å²) in [6, 6.07) is 8.34. The predicted octanol–water partition coefficient (Wildman–Crippen LogP) is 3.75. The average Bonchev–Trinajstić information content (AvgIpc) is 2.60. The number of carbonyl (C=O) groups excluding carboxylic acids is 1. The lowest BCUT2D eigenvalue weighted by molar-refractivity contribution is -0.131. The van der Waals surface area contributed by atoms with Gasteiger partial charge in [0.2, 0.25) is 5.91 Å². The molecular formula is C19H35Cl2N3O. The number of hydrogen-bond donors (Lipinski definition) is 2. The van der Waals surface area contributed by atoms with E-state index in [0.717, 1.165) is 32.5 Å². The summed E-state index contributed by atoms with van der Waals surface area (Å²) in [4.78, 5) is 15.0. The van der Waals surface area contributed by atoms with E-state index in [1.54, 1.807) is 0 Å². The van der Waals surface area contributed by atoms with E-state index in [2.05, 4.69) is 42.3 Å². The summed E-state index contributed by atoms with van der Waals surface area (Å²) in [6.45, 7) is 12.3. The van der Waals surface area contributed by atoms with Crippen LogP contribution < -0.4 is 11.1 Å². The lowest BCUT2D eigenvalue weighted by atomic mass is 9.81. The van der Waals surface area contributed by atoms with Gasteiger partial charge in [-0.2, -0.15) is 0 Å². The fourth-order valence-electron chi connectivity index (χ4n) is 2.89. The summed E-state index contributed by atoms with van der Waals surface area (Å²) in [7, 11) is 0. The Morgan fingerprint density at radius 2 is 1.56 bits per heavy atom. The second-order valence-corrected chi connectivity index (χ2v) is 6.10. The van der Waals surface area contributed by atoms with Gasteiger partial charge in [0.1, 0.15) is 0 Å². The van der Waals surface area contributed by atoms with Crippen molar-refractivity contribution in [3.8, 4) is 0 Å². The Kier molecular flexibility index (Phi) is 14.2. The molecule has 0 heterocycles. The summed E-state index contributed by atoms with van der Waals surface area (Å²) < 4.78 is 0. The highest BCUT2D eigenvalue weighted by Crippen LogP contribution is 2.25. The number of rotatable bonds is 10. The van der Waals surface area contributed by atoms with E-state index in [0.29, 0.717) is 13.1 Å². The van der Waals surface area contributed by atoms with E-state index in [4.69, 9.17) is 5.73 Å². The van der Waals surface area contributed by atoms with Crippen LogP contribution in [-0.4, -0.2) is 30.4 Å². The molecule has 0 bridgehead atoms. The van der Waals surface area contributed by atoms with Crippen LogP contribution in [-0.2, 0) is 17.9 Å². The van der Waals surface area contributed by atoms with Crippen LogP contribution in [0.15, 0.2) is 24.3 Å². The van der Waals surface area contributed by atoms with Crippen LogP contribution in [0.25, 0.3) is 0 Å². The minimum Gasteiger partial charge on any atom is -0.351 e. The molecule has 4 nitrogen and oxygen atoms in total. The smallest absolute Gasteiger partial charge is 0.227 e. The van der Waals surface area contributed by atoms with E-state index in [1.807, 2.05) is 19.9 Å². The fraction of sp³-hybridized carbons (Fsp3) is 0.632. The third kappa shape index (κ3) is 7.14. The summed E-state index contributed by atoms with van der Waals surface area (Å²) in [5.41, 5.74) is 7.89. The first-order valence-corrected chi connectivity index (χ1v) is 8.84. The van der Waals surface area contributed by atoms with Crippen molar-refractivity contribution in [3.05, 3.63) is 35.4 Å². The Labute approximate surface area is 165 Å². The molecule has 0 aliphatic rings. The highest BCUT2D eigenvalue weighted by molar-refractivity contribution is 5.85. The maximum absolute atomic E-state index is 12.6. The molecule has 0 fully saturated rings. The van der Waals surface area contributed by atoms with Crippen LogP contribution in [0.2, 0.25) is 0 Å². The summed E-state index contributed by atoms with van der Waals surface area (Å²) in [6.07, 6.45) is 1.54. The topological polar surface area (TPSA) is 58.4 Å². The lowest BCUT2D eigenvalue weighted by Crippen LogP contribution is -2.45. The highest BCUT2D eigenvalue weighted by Gasteiger charge is 2.33. The largest absolute Gasteiger partial charge is 0.351 e. The van der Waals surface area contributed by atoms with Crippen LogP contribution in [0, 0.1) is 5.41 Å². The molecule has 0 aromatic heterocycles. The minimum atomic E-state index is -0.437. The van der Waals surface area contributed by atoms with Gasteiger partial charge in [0.05, 0.1) is 5.41 Å². The van der Waals surface area contributed by atoms with Gasteiger partial charge in [-0.3, -0.25) is 9.69 Å². The molecule has 0 saturated carbocycles. The molecule has 0 aliphatic carbocycles. The van der Waals surface area contributed by atoms with Gasteiger partial charge in [0.25, 0.3) is 0 Å². The van der Waals surface area contributed by atoms with Crippen LogP contribution in [0.1, 0.15) is 51.7 Å². The van der Waals surface area contributed by atoms with E-state index >= 15 is 0 Å². The molecule has 0 unspecified atom stereocenters. The first kappa shape index (κ1) is 26.4. The van der Waals surface area contributed by atoms with Crippen molar-refractivity contribution in [2.45, 2.75) is 53.6 Å². The third-order valence-corrected chi connectivity index (χ3v) is 5.07. The van der Waals surface area contributed by atoms with Gasteiger partial charge in [-0.15, -0.1) is 24.8 Å². The molecule has 25 heavy (non-hydrogen) atoms. The molecule has 1 aromatic rings. The van der Waals surface area contributed by atoms with Crippen LogP contribution in [0.3, 0.4) is 0 Å². The van der Waals surface area contributed by atoms with Crippen molar-refractivity contribution in [2.24, 2.45) is 11.1 Å². The number of halogens is 2. The minimum absolute atomic E-state index is 0. The average molecular weight is 392 g/mol. The van der Waals surface area contributed by atoms with Crippen molar-refractivity contribution in [2.75, 3.05) is 19.6 Å². The van der Waals surface area contributed by atoms with Gasteiger partial charge >= 0.3 is 0 Å². The first-order chi connectivity index (χ1) is 11.1. The highest BCUT2D eigenvalue weighted by atomic mass is 35.5. The Balaban J connectivity index is 0. The van der Waals surface area contributed by atoms with E-state index in [-0.39, 0.29) is 30.7 Å². The Bertz CT molecular complexity index is 481. The Morgan fingerprint density at radius 1 is 1.04 bits per heavy atom. The van der Waals surface area contributed by atoms with E-state index < -0.39 is 5.41 Å². The summed E-state index contributed by atoms with van der Waals surface area (Å²) in [5.74, 6) is 0.0719. The van der Waals surface area contributed by atoms with E-state index in [9.17, 15) is 4.79 Å². The molecule has 3 N–H and O–H groups in total. The molecule has 1 amide bonds. The molecular weight excluding hydrogens is 357 g/mol. The number of benzene rings is 1. The zero-order chi connectivity index (χ0) is 17.3. The van der Waals surface area contributed by atoms with Crippen molar-refractivity contribution in [3.63, 3.8) is 0 Å². The molecule has 0 radical (unpaired) electrons. The molecule has 146 valence electrons. The number of nitrogens with zero attached hydrogens (tertiary/aromatic N) is 1. The van der Waals surface area contributed by atoms with Crippen molar-refractivity contribution < 1.29 is 4.79 Å². The molecule has 0 saturated heterocycles. The zero-order valence-corrected chi connectivity index (χ0v) is 17.6. The van der Waals surface area contributed by atoms with Gasteiger partial charge in [0.15, 0.2) is 0 Å². The van der Waals surface area contributed by atoms with Crippen molar-refractivity contribution in [1.82, 2.24) is 10.2 Å². The molecule has 0 aliphatic heterocycles. The van der Waals surface area contributed by atoms with Crippen LogP contribution in [0.4, 0.5) is 0 Å². The van der Waals surface area contributed by atoms with Gasteiger partial charge < -0.3 is 11.1 Å². The van der Waals surface area contributed by atoms with Gasteiger partial charge in [-0.05, 0) is 37.1 Å². The molecule has 1 rings (SSSR count). The Morgan fingerprint density at radius 3 is 2.00 bits per heavy atom. The van der Waals surface area contributed by atoms with Crippen LogP contribution >= 0.6 is 24.8 Å². The molecule has 1 aromatic carbocycles. The number of amides is 1. The van der Waals surface area contributed by atoms with Crippen LogP contribution in [0.5, 0.6) is 0 Å². The number of hydrogen-bond acceptors (Lipinski definition) is 3. The summed E-state index contributed by atoms with van der Waals surface area (Å²) >= 11 is 0. The number of nitrogens with one attached hydrogen (secondary N) is 1. The van der Waals surface area contributed by atoms with Gasteiger partial charge in [-0.1, -0.05) is 52.0 Å². The maximum atomic E-state index is 12.6. The normalized spacial score (nSPS) is 10.8. The monoisotopic (exact) mass is 391 g/mol. The van der Waals surface area contributed by atoms with Crippen molar-refractivity contribution >= 4 is 30.7 Å². The predicted molar refractivity (Wildman–Crippen MR) is 111 cm³/mol. The molecule has 0 atom stereocenters. The van der Waals surface area contributed by atoms with E-state index in [1.165, 1.54) is 11.1 Å². The Hall–Kier alpha value is -0.810. The maximum Gasteiger partial charge on any atom is 0.227 e. The standard InChI is InChI=1S/C19H33N3O.2ClH/c1-5-19(6-2,15-20)18(23)21-13-16-11-9-10-12-17(16)14-22(7-3)8-4;;/h9-12H,5-8,13-15,20H2,1-4H3,(H,21,23);2*1H. The molecule has 0 spiro atoms. The lowest BCUT2D eigenvalue weighted by Gasteiger charge is -2.29.